The van der Waals surface area contributed by atoms with E-state index in [0.29, 0.717) is 5.41 Å². The van der Waals surface area contributed by atoms with Gasteiger partial charge in [0, 0.05) is 12.6 Å². The lowest BCUT2D eigenvalue weighted by molar-refractivity contribution is 0.0867. The summed E-state index contributed by atoms with van der Waals surface area (Å²) in [6.45, 7) is 13.1. The van der Waals surface area contributed by atoms with Gasteiger partial charge in [0.05, 0.1) is 0 Å². The number of hydrogen-bond donors (Lipinski definition) is 0. The van der Waals surface area contributed by atoms with Crippen LogP contribution in [0.3, 0.4) is 0 Å². The average molecular weight is 225 g/mol. The minimum Gasteiger partial charge on any atom is -0.303 e. The second kappa shape index (κ2) is 5.53. The molecule has 0 radical (unpaired) electrons. The molecule has 1 unspecified atom stereocenters. The molecule has 0 aromatic heterocycles. The van der Waals surface area contributed by atoms with Crippen molar-refractivity contribution in [1.29, 1.82) is 0 Å². The summed E-state index contributed by atoms with van der Waals surface area (Å²) >= 11 is 0. The van der Waals surface area contributed by atoms with Crippen LogP contribution in [-0.4, -0.2) is 24.5 Å². The van der Waals surface area contributed by atoms with E-state index in [1.807, 2.05) is 0 Å². The Kier molecular flexibility index (Phi) is 4.85. The van der Waals surface area contributed by atoms with Gasteiger partial charge in [-0.25, -0.2) is 0 Å². The fourth-order valence-corrected chi connectivity index (χ4v) is 3.27. The van der Waals surface area contributed by atoms with Crippen molar-refractivity contribution in [2.45, 2.75) is 66.3 Å². The molecule has 0 aromatic carbocycles. The van der Waals surface area contributed by atoms with Crippen LogP contribution in [0.25, 0.3) is 0 Å². The highest BCUT2D eigenvalue weighted by Crippen LogP contribution is 2.33. The van der Waals surface area contributed by atoms with Gasteiger partial charge in [0.2, 0.25) is 0 Å². The zero-order valence-corrected chi connectivity index (χ0v) is 12.2. The van der Waals surface area contributed by atoms with Crippen LogP contribution in [0.4, 0.5) is 0 Å². The fraction of sp³-hybridized carbons (Fsp3) is 1.00. The van der Waals surface area contributed by atoms with Gasteiger partial charge in [-0.3, -0.25) is 0 Å². The second-order valence-corrected chi connectivity index (χ2v) is 7.11. The molecule has 0 N–H and O–H groups in total. The lowest BCUT2D eigenvalue weighted by atomic mass is 9.78. The zero-order chi connectivity index (χ0) is 12.3. The second-order valence-electron chi connectivity index (χ2n) is 7.11. The molecule has 0 saturated heterocycles. The van der Waals surface area contributed by atoms with Crippen LogP contribution in [0.2, 0.25) is 0 Å². The highest BCUT2D eigenvalue weighted by molar-refractivity contribution is 4.83. The van der Waals surface area contributed by atoms with E-state index in [2.05, 4.69) is 46.6 Å². The monoisotopic (exact) mass is 225 g/mol. The third-order valence-corrected chi connectivity index (χ3v) is 4.17. The Hall–Kier alpha value is -0.0400. The first-order valence-electron chi connectivity index (χ1n) is 7.02. The Morgan fingerprint density at radius 2 is 1.75 bits per heavy atom. The summed E-state index contributed by atoms with van der Waals surface area (Å²) in [4.78, 5) is 2.59. The van der Waals surface area contributed by atoms with Gasteiger partial charge in [-0.1, -0.05) is 34.1 Å². The minimum atomic E-state index is 0.459. The average Bonchev–Trinajstić information content (AvgIpc) is 1.96. The van der Waals surface area contributed by atoms with E-state index in [0.717, 1.165) is 17.9 Å². The lowest BCUT2D eigenvalue weighted by Crippen LogP contribution is -2.43. The normalized spacial score (nSPS) is 20.2. The molecular weight excluding hydrogens is 194 g/mol. The molecule has 0 amide bonds. The SMILES string of the molecule is CC(C)CC(C)(C)CN(C)C(C)C1CCC1. The summed E-state index contributed by atoms with van der Waals surface area (Å²) in [5.41, 5.74) is 0.459. The van der Waals surface area contributed by atoms with E-state index in [-0.39, 0.29) is 0 Å². The molecule has 0 spiro atoms. The molecule has 1 aliphatic rings. The van der Waals surface area contributed by atoms with E-state index >= 15 is 0 Å². The van der Waals surface area contributed by atoms with Crippen LogP contribution in [0.5, 0.6) is 0 Å². The first kappa shape index (κ1) is 14.0. The van der Waals surface area contributed by atoms with Crippen molar-refractivity contribution < 1.29 is 0 Å². The molecule has 1 heteroatoms. The van der Waals surface area contributed by atoms with Gasteiger partial charge >= 0.3 is 0 Å². The Morgan fingerprint density at radius 3 is 2.12 bits per heavy atom. The Bertz CT molecular complexity index is 203. The van der Waals surface area contributed by atoms with Gasteiger partial charge in [0.25, 0.3) is 0 Å². The topological polar surface area (TPSA) is 3.24 Å². The lowest BCUT2D eigenvalue weighted by Gasteiger charge is -2.41. The highest BCUT2D eigenvalue weighted by atomic mass is 15.1. The number of hydrogen-bond acceptors (Lipinski definition) is 1. The van der Waals surface area contributed by atoms with Gasteiger partial charge in [0.15, 0.2) is 0 Å². The summed E-state index contributed by atoms with van der Waals surface area (Å²) in [5, 5.41) is 0. The zero-order valence-electron chi connectivity index (χ0n) is 12.2. The van der Waals surface area contributed by atoms with Gasteiger partial charge in [0.1, 0.15) is 0 Å². The molecule has 1 aliphatic carbocycles. The van der Waals surface area contributed by atoms with Gasteiger partial charge < -0.3 is 4.90 Å². The fourth-order valence-electron chi connectivity index (χ4n) is 3.27. The van der Waals surface area contributed by atoms with Crippen LogP contribution in [0, 0.1) is 17.3 Å². The third-order valence-electron chi connectivity index (χ3n) is 4.17. The van der Waals surface area contributed by atoms with Crippen LogP contribution >= 0.6 is 0 Å². The Morgan fingerprint density at radius 1 is 1.19 bits per heavy atom. The third kappa shape index (κ3) is 4.08. The summed E-state index contributed by atoms with van der Waals surface area (Å²) in [5.74, 6) is 1.78. The maximum absolute atomic E-state index is 2.59. The summed E-state index contributed by atoms with van der Waals surface area (Å²) in [6.07, 6.45) is 5.69. The van der Waals surface area contributed by atoms with Gasteiger partial charge in [-0.2, -0.15) is 0 Å². The first-order chi connectivity index (χ1) is 7.32. The van der Waals surface area contributed by atoms with E-state index in [4.69, 9.17) is 0 Å². The molecular formula is C15H31N. The standard InChI is InChI=1S/C15H31N/c1-12(2)10-15(4,5)11-16(6)13(3)14-8-7-9-14/h12-14H,7-11H2,1-6H3. The molecule has 1 fully saturated rings. The summed E-state index contributed by atoms with van der Waals surface area (Å²) in [7, 11) is 2.31. The largest absolute Gasteiger partial charge is 0.303 e. The van der Waals surface area contributed by atoms with Crippen LogP contribution < -0.4 is 0 Å². The molecule has 0 bridgehead atoms. The Balaban J connectivity index is 2.39. The van der Waals surface area contributed by atoms with Crippen molar-refractivity contribution in [3.05, 3.63) is 0 Å². The van der Waals surface area contributed by atoms with Crippen LogP contribution in [-0.2, 0) is 0 Å². The van der Waals surface area contributed by atoms with E-state index in [1.54, 1.807) is 0 Å². The first-order valence-corrected chi connectivity index (χ1v) is 7.02. The van der Waals surface area contributed by atoms with Crippen LogP contribution in [0.1, 0.15) is 60.3 Å². The molecule has 0 heterocycles. The predicted molar refractivity (Wildman–Crippen MR) is 72.7 cm³/mol. The Labute approximate surface area is 103 Å². The molecule has 0 aliphatic heterocycles. The van der Waals surface area contributed by atoms with Crippen molar-refractivity contribution in [2.24, 2.45) is 17.3 Å². The summed E-state index contributed by atoms with van der Waals surface area (Å²) < 4.78 is 0. The molecule has 1 atom stereocenters. The van der Waals surface area contributed by atoms with Crippen molar-refractivity contribution in [3.8, 4) is 0 Å². The maximum Gasteiger partial charge on any atom is 0.00923 e. The maximum atomic E-state index is 2.59. The molecule has 0 aromatic rings. The molecule has 1 saturated carbocycles. The number of rotatable bonds is 6. The molecule has 1 nitrogen and oxygen atoms in total. The van der Waals surface area contributed by atoms with Crippen molar-refractivity contribution in [1.82, 2.24) is 4.90 Å². The highest BCUT2D eigenvalue weighted by Gasteiger charge is 2.29. The molecule has 1 rings (SSSR count). The van der Waals surface area contributed by atoms with Crippen molar-refractivity contribution in [2.75, 3.05) is 13.6 Å². The molecule has 16 heavy (non-hydrogen) atoms. The van der Waals surface area contributed by atoms with E-state index in [9.17, 15) is 0 Å². The summed E-state index contributed by atoms with van der Waals surface area (Å²) in [6, 6.07) is 0.778. The van der Waals surface area contributed by atoms with Gasteiger partial charge in [-0.15, -0.1) is 0 Å². The van der Waals surface area contributed by atoms with Crippen molar-refractivity contribution in [3.63, 3.8) is 0 Å². The quantitative estimate of drug-likeness (QED) is 0.655. The van der Waals surface area contributed by atoms with E-state index < -0.39 is 0 Å². The van der Waals surface area contributed by atoms with E-state index in [1.165, 1.54) is 32.2 Å². The van der Waals surface area contributed by atoms with Gasteiger partial charge in [-0.05, 0) is 50.5 Å². The number of nitrogens with zero attached hydrogens (tertiary/aromatic N) is 1. The predicted octanol–water partition coefficient (Wildman–Crippen LogP) is 4.18. The minimum absolute atomic E-state index is 0.459. The van der Waals surface area contributed by atoms with Crippen LogP contribution in [0.15, 0.2) is 0 Å². The smallest absolute Gasteiger partial charge is 0.00923 e. The molecule has 96 valence electrons. The van der Waals surface area contributed by atoms with Crippen molar-refractivity contribution >= 4 is 0 Å².